The minimum Gasteiger partial charge on any atom is -0.261 e. The van der Waals surface area contributed by atoms with Gasteiger partial charge in [-0.05, 0) is 37.5 Å². The van der Waals surface area contributed by atoms with E-state index >= 15 is 0 Å². The summed E-state index contributed by atoms with van der Waals surface area (Å²) in [6, 6.07) is 0.464. The monoisotopic (exact) mass is 154 g/mol. The van der Waals surface area contributed by atoms with Crippen LogP contribution in [0.15, 0.2) is 5.29 Å². The second-order valence-electron chi connectivity index (χ2n) is 3.80. The molecule has 2 aliphatic carbocycles. The zero-order chi connectivity index (χ0) is 7.84. The summed E-state index contributed by atoms with van der Waals surface area (Å²) < 4.78 is 0. The Kier molecular flexibility index (Phi) is 1.59. The molecule has 2 rings (SSSR count). The molecular weight excluding hydrogens is 140 g/mol. The number of nitrogens with zero attached hydrogens (tertiary/aromatic N) is 2. The van der Waals surface area contributed by atoms with Gasteiger partial charge in [-0.3, -0.25) is 5.01 Å². The highest BCUT2D eigenvalue weighted by atomic mass is 16.3. The largest absolute Gasteiger partial charge is 0.261 e. The molecule has 0 bridgehead atoms. The van der Waals surface area contributed by atoms with Crippen molar-refractivity contribution in [2.45, 2.75) is 31.7 Å². The van der Waals surface area contributed by atoms with Crippen LogP contribution in [0.5, 0.6) is 0 Å². The van der Waals surface area contributed by atoms with Gasteiger partial charge in [0.15, 0.2) is 0 Å². The first-order valence-electron chi connectivity index (χ1n) is 4.39. The summed E-state index contributed by atoms with van der Waals surface area (Å²) in [5.74, 6) is 1.71. The van der Waals surface area contributed by atoms with Crippen molar-refractivity contribution in [3.05, 3.63) is 4.91 Å². The maximum atomic E-state index is 10.2. The van der Waals surface area contributed by atoms with E-state index in [1.54, 1.807) is 12.1 Å². The summed E-state index contributed by atoms with van der Waals surface area (Å²) >= 11 is 0. The minimum absolute atomic E-state index is 0.464. The van der Waals surface area contributed by atoms with Gasteiger partial charge in [-0.1, -0.05) is 0 Å². The first-order chi connectivity index (χ1) is 5.33. The fourth-order valence-corrected chi connectivity index (χ4v) is 2.58. The fraction of sp³-hybridized carbons (Fsp3) is 1.00. The van der Waals surface area contributed by atoms with Crippen molar-refractivity contribution in [1.82, 2.24) is 5.01 Å². The van der Waals surface area contributed by atoms with Crippen LogP contribution >= 0.6 is 0 Å². The molecule has 2 fully saturated rings. The van der Waals surface area contributed by atoms with Crippen LogP contribution in [-0.4, -0.2) is 18.1 Å². The zero-order valence-electron chi connectivity index (χ0n) is 6.86. The lowest BCUT2D eigenvalue weighted by atomic mass is 9.75. The van der Waals surface area contributed by atoms with E-state index in [0.29, 0.717) is 6.04 Å². The van der Waals surface area contributed by atoms with Gasteiger partial charge in [0, 0.05) is 7.05 Å². The van der Waals surface area contributed by atoms with Crippen molar-refractivity contribution in [2.75, 3.05) is 7.05 Å². The molecule has 11 heavy (non-hydrogen) atoms. The molecule has 2 saturated carbocycles. The molecule has 0 aromatic heterocycles. The smallest absolute Gasteiger partial charge is 0.0530 e. The van der Waals surface area contributed by atoms with Crippen LogP contribution in [0.4, 0.5) is 0 Å². The molecule has 0 radical (unpaired) electrons. The molecule has 2 aliphatic rings. The lowest BCUT2D eigenvalue weighted by molar-refractivity contribution is 0.115. The SMILES string of the molecule is CN(N=O)C1CCC2CCC21. The third-order valence-corrected chi connectivity index (χ3v) is 3.41. The van der Waals surface area contributed by atoms with Crippen LogP contribution < -0.4 is 0 Å². The summed E-state index contributed by atoms with van der Waals surface area (Å²) in [6.07, 6.45) is 5.19. The van der Waals surface area contributed by atoms with Gasteiger partial charge in [0.1, 0.15) is 0 Å². The summed E-state index contributed by atoms with van der Waals surface area (Å²) in [4.78, 5) is 10.2. The molecule has 0 aliphatic heterocycles. The van der Waals surface area contributed by atoms with Crippen molar-refractivity contribution in [1.29, 1.82) is 0 Å². The van der Waals surface area contributed by atoms with Crippen LogP contribution in [0.2, 0.25) is 0 Å². The third-order valence-electron chi connectivity index (χ3n) is 3.41. The van der Waals surface area contributed by atoms with E-state index in [9.17, 15) is 4.91 Å². The van der Waals surface area contributed by atoms with Gasteiger partial charge < -0.3 is 0 Å². The average molecular weight is 154 g/mol. The van der Waals surface area contributed by atoms with Crippen molar-refractivity contribution in [3.8, 4) is 0 Å². The minimum atomic E-state index is 0.464. The van der Waals surface area contributed by atoms with E-state index in [2.05, 4.69) is 5.29 Å². The summed E-state index contributed by atoms with van der Waals surface area (Å²) in [5.41, 5.74) is 0. The molecular formula is C8H14N2O. The van der Waals surface area contributed by atoms with E-state index in [1.807, 2.05) is 0 Å². The van der Waals surface area contributed by atoms with Gasteiger partial charge in [-0.2, -0.15) is 0 Å². The van der Waals surface area contributed by atoms with Crippen LogP contribution in [0.3, 0.4) is 0 Å². The zero-order valence-corrected chi connectivity index (χ0v) is 6.86. The number of rotatable bonds is 2. The van der Waals surface area contributed by atoms with Gasteiger partial charge in [-0.25, -0.2) is 0 Å². The van der Waals surface area contributed by atoms with Crippen molar-refractivity contribution < 1.29 is 0 Å². The predicted octanol–water partition coefficient (Wildman–Crippen LogP) is 1.79. The molecule has 0 N–H and O–H groups in total. The van der Waals surface area contributed by atoms with Crippen molar-refractivity contribution >= 4 is 0 Å². The van der Waals surface area contributed by atoms with Crippen LogP contribution in [0.1, 0.15) is 25.7 Å². The number of hydrogen-bond acceptors (Lipinski definition) is 2. The second-order valence-corrected chi connectivity index (χ2v) is 3.80. The first kappa shape index (κ1) is 7.07. The molecule has 0 aromatic rings. The lowest BCUT2D eigenvalue weighted by Gasteiger charge is -2.35. The fourth-order valence-electron chi connectivity index (χ4n) is 2.58. The Bertz CT molecular complexity index is 171. The van der Waals surface area contributed by atoms with Crippen LogP contribution in [0.25, 0.3) is 0 Å². The summed E-state index contributed by atoms with van der Waals surface area (Å²) in [7, 11) is 1.80. The van der Waals surface area contributed by atoms with Gasteiger partial charge >= 0.3 is 0 Å². The van der Waals surface area contributed by atoms with Crippen molar-refractivity contribution in [3.63, 3.8) is 0 Å². The summed E-state index contributed by atoms with van der Waals surface area (Å²) in [5, 5.41) is 4.59. The predicted molar refractivity (Wildman–Crippen MR) is 42.8 cm³/mol. The quantitative estimate of drug-likeness (QED) is 0.448. The highest BCUT2D eigenvalue weighted by Crippen LogP contribution is 2.48. The Hall–Kier alpha value is -0.600. The second kappa shape index (κ2) is 2.47. The average Bonchev–Trinajstić information content (AvgIpc) is 2.25. The maximum absolute atomic E-state index is 10.2. The van der Waals surface area contributed by atoms with Gasteiger partial charge in [0.05, 0.1) is 11.3 Å². The van der Waals surface area contributed by atoms with E-state index in [1.165, 1.54) is 25.7 Å². The number of hydrogen-bond donors (Lipinski definition) is 0. The highest BCUT2D eigenvalue weighted by Gasteiger charge is 2.44. The first-order valence-corrected chi connectivity index (χ1v) is 4.39. The van der Waals surface area contributed by atoms with Crippen LogP contribution in [-0.2, 0) is 0 Å². The molecule has 0 spiro atoms. The molecule has 3 nitrogen and oxygen atoms in total. The molecule has 0 amide bonds. The molecule has 3 atom stereocenters. The Morgan fingerprint density at radius 3 is 2.45 bits per heavy atom. The lowest BCUT2D eigenvalue weighted by Crippen LogP contribution is -2.36. The Morgan fingerprint density at radius 1 is 1.27 bits per heavy atom. The van der Waals surface area contributed by atoms with Crippen LogP contribution in [0, 0.1) is 16.7 Å². The molecule has 0 aromatic carbocycles. The Labute approximate surface area is 66.7 Å². The topological polar surface area (TPSA) is 32.7 Å². The maximum Gasteiger partial charge on any atom is 0.0530 e. The van der Waals surface area contributed by atoms with Gasteiger partial charge in [0.25, 0.3) is 0 Å². The highest BCUT2D eigenvalue weighted by molar-refractivity contribution is 4.95. The molecule has 62 valence electrons. The standard InChI is InChI=1S/C8H14N2O/c1-10(9-11)8-5-3-6-2-4-7(6)8/h6-8H,2-5H2,1H3. The van der Waals surface area contributed by atoms with E-state index in [4.69, 9.17) is 0 Å². The summed E-state index contributed by atoms with van der Waals surface area (Å²) in [6.45, 7) is 0. The molecule has 3 unspecified atom stereocenters. The van der Waals surface area contributed by atoms with E-state index in [-0.39, 0.29) is 0 Å². The van der Waals surface area contributed by atoms with Gasteiger partial charge in [-0.15, -0.1) is 4.91 Å². The Morgan fingerprint density at radius 2 is 2.00 bits per heavy atom. The number of fused-ring (bicyclic) bond motifs is 1. The van der Waals surface area contributed by atoms with E-state index in [0.717, 1.165) is 11.8 Å². The molecule has 0 saturated heterocycles. The van der Waals surface area contributed by atoms with E-state index < -0.39 is 0 Å². The molecule has 0 heterocycles. The third kappa shape index (κ3) is 0.940. The number of nitroso groups, excluding NO2 is 1. The normalized spacial score (nSPS) is 41.0. The van der Waals surface area contributed by atoms with Crippen molar-refractivity contribution in [2.24, 2.45) is 17.1 Å². The van der Waals surface area contributed by atoms with Gasteiger partial charge in [0.2, 0.25) is 0 Å². The Balaban J connectivity index is 1.99. The molecule has 3 heteroatoms.